The molecule has 19 heavy (non-hydrogen) atoms. The van der Waals surface area contributed by atoms with Gasteiger partial charge in [0.2, 0.25) is 0 Å². The van der Waals surface area contributed by atoms with Gasteiger partial charge in [0.1, 0.15) is 11.9 Å². The highest BCUT2D eigenvalue weighted by atomic mass is 16.6. The first-order chi connectivity index (χ1) is 9.24. The largest absolute Gasteiger partial charge is 0.497 e. The van der Waals surface area contributed by atoms with Crippen LogP contribution in [-0.2, 0) is 16.1 Å². The van der Waals surface area contributed by atoms with Gasteiger partial charge in [-0.15, -0.1) is 0 Å². The molecule has 0 aromatic heterocycles. The zero-order valence-corrected chi connectivity index (χ0v) is 11.5. The number of hydrogen-bond acceptors (Lipinski definition) is 4. The lowest BCUT2D eigenvalue weighted by atomic mass is 9.88. The van der Waals surface area contributed by atoms with Crippen molar-refractivity contribution in [3.8, 4) is 5.75 Å². The van der Waals surface area contributed by atoms with Crippen LogP contribution in [0.2, 0.25) is 0 Å². The maximum absolute atomic E-state index is 9.65. The molecule has 1 N–H and O–H groups in total. The summed E-state index contributed by atoms with van der Waals surface area (Å²) in [6, 6.07) is 7.80. The normalized spacial score (nSPS) is 25.9. The van der Waals surface area contributed by atoms with E-state index in [2.05, 4.69) is 6.92 Å². The molecule has 0 saturated heterocycles. The second-order valence-electron chi connectivity index (χ2n) is 4.84. The minimum Gasteiger partial charge on any atom is -0.497 e. The molecule has 4 heteroatoms. The zero-order valence-electron chi connectivity index (χ0n) is 11.5. The Hall–Kier alpha value is -1.10. The van der Waals surface area contributed by atoms with E-state index < -0.39 is 0 Å². The van der Waals surface area contributed by atoms with Gasteiger partial charge in [-0.05, 0) is 24.1 Å². The fraction of sp³-hybridized carbons (Fsp3) is 0.600. The van der Waals surface area contributed by atoms with Gasteiger partial charge in [0.05, 0.1) is 25.9 Å². The Morgan fingerprint density at radius 3 is 2.53 bits per heavy atom. The maximum Gasteiger partial charge on any atom is 0.118 e. The molecule has 0 aliphatic heterocycles. The summed E-state index contributed by atoms with van der Waals surface area (Å²) in [5, 5.41) is 9.65. The van der Waals surface area contributed by atoms with Crippen LogP contribution in [0, 0.1) is 0 Å². The van der Waals surface area contributed by atoms with Crippen LogP contribution in [0.4, 0.5) is 0 Å². The Kier molecular flexibility index (Phi) is 5.19. The van der Waals surface area contributed by atoms with Crippen molar-refractivity contribution < 1.29 is 19.3 Å². The number of rotatable bonds is 7. The van der Waals surface area contributed by atoms with Crippen LogP contribution >= 0.6 is 0 Å². The number of methoxy groups -OCH3 is 1. The highest BCUT2D eigenvalue weighted by Gasteiger charge is 2.41. The third kappa shape index (κ3) is 3.69. The highest BCUT2D eigenvalue weighted by molar-refractivity contribution is 5.26. The van der Waals surface area contributed by atoms with Crippen LogP contribution in [0.15, 0.2) is 24.3 Å². The Bertz CT molecular complexity index is 376. The number of aliphatic hydroxyl groups is 1. The number of hydrogen-bond donors (Lipinski definition) is 1. The van der Waals surface area contributed by atoms with E-state index in [1.807, 2.05) is 24.3 Å². The van der Waals surface area contributed by atoms with Crippen molar-refractivity contribution in [1.82, 2.24) is 0 Å². The fourth-order valence-electron chi connectivity index (χ4n) is 2.12. The minimum atomic E-state index is -0.382. The standard InChI is InChI=1S/C15H22O4/c1-3-8-18-15-13(16)9-14(15)19-10-11-4-6-12(17-2)7-5-11/h4-7,13-16H,3,8-10H2,1-2H3. The Morgan fingerprint density at radius 1 is 1.21 bits per heavy atom. The van der Waals surface area contributed by atoms with Gasteiger partial charge in [0, 0.05) is 13.0 Å². The van der Waals surface area contributed by atoms with Crippen LogP contribution < -0.4 is 4.74 Å². The van der Waals surface area contributed by atoms with E-state index in [-0.39, 0.29) is 18.3 Å². The molecule has 1 fully saturated rings. The smallest absolute Gasteiger partial charge is 0.118 e. The first-order valence-corrected chi connectivity index (χ1v) is 6.78. The molecule has 3 atom stereocenters. The number of benzene rings is 1. The summed E-state index contributed by atoms with van der Waals surface area (Å²) in [5.41, 5.74) is 1.09. The molecule has 0 bridgehead atoms. The molecule has 1 aliphatic rings. The lowest BCUT2D eigenvalue weighted by molar-refractivity contribution is -0.196. The van der Waals surface area contributed by atoms with Crippen molar-refractivity contribution in [3.63, 3.8) is 0 Å². The predicted molar refractivity (Wildman–Crippen MR) is 72.2 cm³/mol. The van der Waals surface area contributed by atoms with Crippen molar-refractivity contribution in [1.29, 1.82) is 0 Å². The van der Waals surface area contributed by atoms with Crippen molar-refractivity contribution in [3.05, 3.63) is 29.8 Å². The van der Waals surface area contributed by atoms with Crippen LogP contribution in [0.5, 0.6) is 5.75 Å². The summed E-state index contributed by atoms with van der Waals surface area (Å²) in [7, 11) is 1.65. The van der Waals surface area contributed by atoms with Crippen molar-refractivity contribution in [2.45, 2.75) is 44.7 Å². The molecule has 3 unspecified atom stereocenters. The second kappa shape index (κ2) is 6.89. The van der Waals surface area contributed by atoms with E-state index in [1.54, 1.807) is 7.11 Å². The Balaban J connectivity index is 1.78. The number of ether oxygens (including phenoxy) is 3. The molecule has 0 spiro atoms. The molecule has 1 aromatic rings. The molecular weight excluding hydrogens is 244 g/mol. The quantitative estimate of drug-likeness (QED) is 0.821. The van der Waals surface area contributed by atoms with Crippen LogP contribution in [0.3, 0.4) is 0 Å². The van der Waals surface area contributed by atoms with Crippen LogP contribution in [-0.4, -0.2) is 37.1 Å². The van der Waals surface area contributed by atoms with E-state index in [0.717, 1.165) is 17.7 Å². The molecule has 4 nitrogen and oxygen atoms in total. The first-order valence-electron chi connectivity index (χ1n) is 6.78. The third-order valence-electron chi connectivity index (χ3n) is 3.36. The van der Waals surface area contributed by atoms with Crippen LogP contribution in [0.25, 0.3) is 0 Å². The lowest BCUT2D eigenvalue weighted by Crippen LogP contribution is -2.53. The summed E-state index contributed by atoms with van der Waals surface area (Å²) in [6.07, 6.45) is 1.06. The van der Waals surface area contributed by atoms with Gasteiger partial charge in [-0.1, -0.05) is 19.1 Å². The van der Waals surface area contributed by atoms with Crippen LogP contribution in [0.1, 0.15) is 25.3 Å². The Labute approximate surface area is 114 Å². The maximum atomic E-state index is 9.65. The first kappa shape index (κ1) is 14.3. The van der Waals surface area contributed by atoms with E-state index in [0.29, 0.717) is 19.6 Å². The van der Waals surface area contributed by atoms with Gasteiger partial charge >= 0.3 is 0 Å². The molecule has 0 amide bonds. The molecule has 1 saturated carbocycles. The average Bonchev–Trinajstić information content (AvgIpc) is 2.44. The summed E-state index contributed by atoms with van der Waals surface area (Å²) >= 11 is 0. The van der Waals surface area contributed by atoms with Gasteiger partial charge in [0.15, 0.2) is 0 Å². The van der Waals surface area contributed by atoms with E-state index >= 15 is 0 Å². The Morgan fingerprint density at radius 2 is 1.95 bits per heavy atom. The predicted octanol–water partition coefficient (Wildman–Crippen LogP) is 2.14. The second-order valence-corrected chi connectivity index (χ2v) is 4.84. The molecule has 1 aliphatic carbocycles. The van der Waals surface area contributed by atoms with Gasteiger partial charge in [-0.2, -0.15) is 0 Å². The third-order valence-corrected chi connectivity index (χ3v) is 3.36. The monoisotopic (exact) mass is 266 g/mol. The summed E-state index contributed by atoms with van der Waals surface area (Å²) in [4.78, 5) is 0. The van der Waals surface area contributed by atoms with Gasteiger partial charge in [-0.3, -0.25) is 0 Å². The zero-order chi connectivity index (χ0) is 13.7. The number of aliphatic hydroxyl groups excluding tert-OH is 1. The summed E-state index contributed by atoms with van der Waals surface area (Å²) in [6.45, 7) is 3.26. The topological polar surface area (TPSA) is 47.9 Å². The lowest BCUT2D eigenvalue weighted by Gasteiger charge is -2.40. The highest BCUT2D eigenvalue weighted by Crippen LogP contribution is 2.28. The van der Waals surface area contributed by atoms with E-state index in [4.69, 9.17) is 14.2 Å². The van der Waals surface area contributed by atoms with E-state index in [1.165, 1.54) is 0 Å². The van der Waals surface area contributed by atoms with E-state index in [9.17, 15) is 5.11 Å². The van der Waals surface area contributed by atoms with Crippen molar-refractivity contribution in [2.24, 2.45) is 0 Å². The van der Waals surface area contributed by atoms with Gasteiger partial charge < -0.3 is 19.3 Å². The summed E-state index contributed by atoms with van der Waals surface area (Å²) in [5.74, 6) is 0.840. The van der Waals surface area contributed by atoms with Gasteiger partial charge in [-0.25, -0.2) is 0 Å². The van der Waals surface area contributed by atoms with Crippen molar-refractivity contribution >= 4 is 0 Å². The molecule has 106 valence electrons. The van der Waals surface area contributed by atoms with Gasteiger partial charge in [0.25, 0.3) is 0 Å². The molecule has 1 aromatic carbocycles. The molecule has 2 rings (SSSR count). The fourth-order valence-corrected chi connectivity index (χ4v) is 2.12. The SMILES string of the molecule is CCCOC1C(O)CC1OCc1ccc(OC)cc1. The summed E-state index contributed by atoms with van der Waals surface area (Å²) < 4.78 is 16.5. The molecule has 0 radical (unpaired) electrons. The minimum absolute atomic E-state index is 0.00338. The van der Waals surface area contributed by atoms with Crippen molar-refractivity contribution in [2.75, 3.05) is 13.7 Å². The molecule has 0 heterocycles. The average molecular weight is 266 g/mol. The molecular formula is C15H22O4.